The number of fused-ring (bicyclic) bond motifs is 1. The first-order valence-corrected chi connectivity index (χ1v) is 8.77. The van der Waals surface area contributed by atoms with Gasteiger partial charge in [0.1, 0.15) is 5.92 Å². The maximum Gasteiger partial charge on any atom is 0.190 e. The van der Waals surface area contributed by atoms with Crippen LogP contribution in [-0.2, 0) is 0 Å². The van der Waals surface area contributed by atoms with Gasteiger partial charge in [-0.15, -0.1) is 11.3 Å². The van der Waals surface area contributed by atoms with E-state index in [-0.39, 0.29) is 11.6 Å². The first-order chi connectivity index (χ1) is 11.6. The van der Waals surface area contributed by atoms with E-state index in [4.69, 9.17) is 5.41 Å². The third-order valence-corrected chi connectivity index (χ3v) is 6.12. The van der Waals surface area contributed by atoms with Gasteiger partial charge in [-0.2, -0.15) is 15.8 Å². The van der Waals surface area contributed by atoms with E-state index in [1.54, 1.807) is 0 Å². The summed E-state index contributed by atoms with van der Waals surface area (Å²) in [6.45, 7) is 4.41. The summed E-state index contributed by atoms with van der Waals surface area (Å²) in [5.41, 5.74) is -0.739. The number of likely N-dealkylation sites (N-methyl/N-ethyl adjacent to an activating group) is 1. The van der Waals surface area contributed by atoms with Crippen molar-refractivity contribution in [3.05, 3.63) is 34.0 Å². The Labute approximate surface area is 145 Å². The van der Waals surface area contributed by atoms with Crippen molar-refractivity contribution in [2.24, 2.45) is 17.3 Å². The van der Waals surface area contributed by atoms with Gasteiger partial charge in [-0.25, -0.2) is 0 Å². The van der Waals surface area contributed by atoms with Crippen LogP contribution in [0, 0.1) is 56.7 Å². The number of hydrogen-bond acceptors (Lipinski definition) is 6. The molecule has 1 saturated carbocycles. The topological polar surface area (TPSA) is 98.5 Å². The highest BCUT2D eigenvalue weighted by Crippen LogP contribution is 2.54. The molecule has 2 aliphatic rings. The summed E-state index contributed by atoms with van der Waals surface area (Å²) in [4.78, 5) is 3.19. The standard InChI is InChI=1S/C18H17N5S/c1-2-23-6-5-12-13(8-19)17(22)18(10-20,11-21)16(14(12)9-23)15-4-3-7-24-15/h3-5,7,13-14,16,22H,2,6,9H2,1H3. The summed E-state index contributed by atoms with van der Waals surface area (Å²) in [5, 5.41) is 39.7. The zero-order valence-electron chi connectivity index (χ0n) is 13.4. The molecule has 0 aromatic carbocycles. The highest BCUT2D eigenvalue weighted by Gasteiger charge is 2.57. The minimum Gasteiger partial charge on any atom is -0.305 e. The number of nitriles is 3. The average Bonchev–Trinajstić information content (AvgIpc) is 3.14. The normalized spacial score (nSPS) is 28.8. The summed E-state index contributed by atoms with van der Waals surface area (Å²) in [6.07, 6.45) is 2.03. The van der Waals surface area contributed by atoms with Crippen LogP contribution in [0.25, 0.3) is 0 Å². The molecule has 0 radical (unpaired) electrons. The second-order valence-corrected chi connectivity index (χ2v) is 7.14. The van der Waals surface area contributed by atoms with Crippen molar-refractivity contribution >= 4 is 17.0 Å². The van der Waals surface area contributed by atoms with E-state index in [1.165, 1.54) is 11.3 Å². The second kappa shape index (κ2) is 6.21. The quantitative estimate of drug-likeness (QED) is 0.840. The highest BCUT2D eigenvalue weighted by molar-refractivity contribution is 7.10. The number of thiophene rings is 1. The number of rotatable bonds is 2. The second-order valence-electron chi connectivity index (χ2n) is 6.16. The maximum absolute atomic E-state index is 9.86. The Balaban J connectivity index is 2.23. The lowest BCUT2D eigenvalue weighted by Gasteiger charge is -2.47. The largest absolute Gasteiger partial charge is 0.305 e. The van der Waals surface area contributed by atoms with Crippen LogP contribution in [0.15, 0.2) is 29.2 Å². The predicted octanol–water partition coefficient (Wildman–Crippen LogP) is 2.92. The summed E-state index contributed by atoms with van der Waals surface area (Å²) >= 11 is 1.51. The lowest BCUT2D eigenvalue weighted by Crippen LogP contribution is -2.52. The smallest absolute Gasteiger partial charge is 0.190 e. The number of nitrogens with one attached hydrogen (secondary N) is 1. The molecule has 0 saturated heterocycles. The molecule has 24 heavy (non-hydrogen) atoms. The molecule has 3 rings (SSSR count). The summed E-state index contributed by atoms with van der Waals surface area (Å²) < 4.78 is 0. The Morgan fingerprint density at radius 3 is 2.67 bits per heavy atom. The van der Waals surface area contributed by atoms with Crippen molar-refractivity contribution in [1.82, 2.24) is 4.90 Å². The van der Waals surface area contributed by atoms with Gasteiger partial charge in [0.2, 0.25) is 0 Å². The Morgan fingerprint density at radius 2 is 2.12 bits per heavy atom. The highest BCUT2D eigenvalue weighted by atomic mass is 32.1. The molecule has 1 fully saturated rings. The molecular formula is C18H17N5S. The van der Waals surface area contributed by atoms with Crippen molar-refractivity contribution < 1.29 is 0 Å². The maximum atomic E-state index is 9.86. The number of nitrogens with zero attached hydrogens (tertiary/aromatic N) is 4. The molecule has 0 bridgehead atoms. The third kappa shape index (κ3) is 2.18. The van der Waals surface area contributed by atoms with Crippen LogP contribution in [0.3, 0.4) is 0 Å². The summed E-state index contributed by atoms with van der Waals surface area (Å²) in [7, 11) is 0. The Morgan fingerprint density at radius 1 is 1.38 bits per heavy atom. The van der Waals surface area contributed by atoms with Crippen LogP contribution in [0.1, 0.15) is 17.7 Å². The first-order valence-electron chi connectivity index (χ1n) is 7.89. The molecule has 1 aliphatic heterocycles. The summed E-state index contributed by atoms with van der Waals surface area (Å²) in [6, 6.07) is 10.2. The van der Waals surface area contributed by atoms with Gasteiger partial charge >= 0.3 is 0 Å². The van der Waals surface area contributed by atoms with Gasteiger partial charge in [0, 0.05) is 29.8 Å². The van der Waals surface area contributed by atoms with Crippen LogP contribution in [0.5, 0.6) is 0 Å². The van der Waals surface area contributed by atoms with E-state index in [1.807, 2.05) is 23.6 Å². The molecule has 2 heterocycles. The van der Waals surface area contributed by atoms with Crippen molar-refractivity contribution in [2.45, 2.75) is 12.8 Å². The lowest BCUT2D eigenvalue weighted by atomic mass is 9.55. The van der Waals surface area contributed by atoms with Crippen molar-refractivity contribution in [3.8, 4) is 18.2 Å². The molecule has 6 heteroatoms. The molecule has 5 nitrogen and oxygen atoms in total. The van der Waals surface area contributed by atoms with Gasteiger partial charge < -0.3 is 5.41 Å². The van der Waals surface area contributed by atoms with Crippen LogP contribution >= 0.6 is 11.3 Å². The first kappa shape index (κ1) is 16.4. The molecule has 0 spiro atoms. The molecule has 0 amide bonds. The van der Waals surface area contributed by atoms with E-state index in [2.05, 4.69) is 30.0 Å². The van der Waals surface area contributed by atoms with Crippen LogP contribution < -0.4 is 0 Å². The Kier molecular flexibility index (Phi) is 4.24. The molecule has 1 aliphatic carbocycles. The van der Waals surface area contributed by atoms with E-state index in [9.17, 15) is 15.8 Å². The summed E-state index contributed by atoms with van der Waals surface area (Å²) in [5.74, 6) is -1.26. The van der Waals surface area contributed by atoms with Crippen molar-refractivity contribution in [3.63, 3.8) is 0 Å². The Bertz CT molecular complexity index is 788. The molecule has 1 N–H and O–H groups in total. The van der Waals surface area contributed by atoms with Gasteiger partial charge in [-0.1, -0.05) is 19.1 Å². The lowest BCUT2D eigenvalue weighted by molar-refractivity contribution is 0.213. The third-order valence-electron chi connectivity index (χ3n) is 5.16. The van der Waals surface area contributed by atoms with Crippen LogP contribution in [0.2, 0.25) is 0 Å². The van der Waals surface area contributed by atoms with Gasteiger partial charge in [-0.3, -0.25) is 4.90 Å². The predicted molar refractivity (Wildman–Crippen MR) is 91.2 cm³/mol. The van der Waals surface area contributed by atoms with Gasteiger partial charge in [0.25, 0.3) is 0 Å². The van der Waals surface area contributed by atoms with E-state index in [0.717, 1.165) is 23.5 Å². The van der Waals surface area contributed by atoms with Crippen LogP contribution in [0.4, 0.5) is 0 Å². The SMILES string of the molecule is CCN1CC=C2C(C#N)C(=N)C(C#N)(C#N)C(c3cccs3)C2C1. The number of hydrogen-bond donors (Lipinski definition) is 1. The Hall–Kier alpha value is -2.46. The fourth-order valence-electron chi connectivity index (χ4n) is 3.90. The van der Waals surface area contributed by atoms with Crippen molar-refractivity contribution in [1.29, 1.82) is 21.2 Å². The minimum absolute atomic E-state index is 0.0687. The fourth-order valence-corrected chi connectivity index (χ4v) is 4.86. The monoisotopic (exact) mass is 335 g/mol. The van der Waals surface area contributed by atoms with Gasteiger partial charge in [-0.05, 0) is 23.6 Å². The van der Waals surface area contributed by atoms with E-state index >= 15 is 0 Å². The minimum atomic E-state index is -1.58. The fraction of sp³-hybridized carbons (Fsp3) is 0.444. The molecule has 1 aromatic heterocycles. The average molecular weight is 335 g/mol. The van der Waals surface area contributed by atoms with Gasteiger partial charge in [0.05, 0.1) is 23.9 Å². The van der Waals surface area contributed by atoms with Gasteiger partial charge in [0.15, 0.2) is 5.41 Å². The zero-order valence-corrected chi connectivity index (χ0v) is 14.2. The molecular weight excluding hydrogens is 318 g/mol. The zero-order chi connectivity index (χ0) is 17.3. The van der Waals surface area contributed by atoms with E-state index < -0.39 is 17.3 Å². The molecule has 3 atom stereocenters. The van der Waals surface area contributed by atoms with Crippen molar-refractivity contribution in [2.75, 3.05) is 19.6 Å². The molecule has 1 aromatic rings. The molecule has 3 unspecified atom stereocenters. The van der Waals surface area contributed by atoms with E-state index in [0.29, 0.717) is 6.54 Å². The molecule has 120 valence electrons. The van der Waals surface area contributed by atoms with Crippen LogP contribution in [-0.4, -0.2) is 30.2 Å².